The van der Waals surface area contributed by atoms with Crippen molar-refractivity contribution in [2.24, 2.45) is 5.73 Å². The Morgan fingerprint density at radius 3 is 2.61 bits per heavy atom. The van der Waals surface area contributed by atoms with Crippen LogP contribution in [0.15, 0.2) is 71.3 Å². The highest BCUT2D eigenvalue weighted by atomic mass is 35.5. The molecule has 1 amide bonds. The number of nitrogens with two attached hydrogens (primary N) is 1. The van der Waals surface area contributed by atoms with Crippen molar-refractivity contribution in [3.8, 4) is 11.3 Å². The van der Waals surface area contributed by atoms with Gasteiger partial charge in [0, 0.05) is 42.2 Å². The van der Waals surface area contributed by atoms with Crippen LogP contribution in [0, 0.1) is 0 Å². The van der Waals surface area contributed by atoms with E-state index in [0.717, 1.165) is 33.5 Å². The van der Waals surface area contributed by atoms with E-state index < -0.39 is 0 Å². The molecular formula is C25H25ClN4O3. The number of hydrogen-bond donors (Lipinski definition) is 1. The van der Waals surface area contributed by atoms with Crippen LogP contribution in [0.3, 0.4) is 0 Å². The summed E-state index contributed by atoms with van der Waals surface area (Å²) in [5, 5.41) is 5.25. The number of amides is 1. The zero-order valence-corrected chi connectivity index (χ0v) is 18.8. The summed E-state index contributed by atoms with van der Waals surface area (Å²) in [5.41, 5.74) is 11.3. The van der Waals surface area contributed by atoms with E-state index in [4.69, 9.17) is 15.0 Å². The number of benzene rings is 2. The predicted octanol–water partition coefficient (Wildman–Crippen LogP) is 4.03. The van der Waals surface area contributed by atoms with Crippen LogP contribution in [-0.4, -0.2) is 47.3 Å². The van der Waals surface area contributed by atoms with Crippen molar-refractivity contribution in [2.45, 2.75) is 12.5 Å². The molecule has 170 valence electrons. The molecule has 0 unspecified atom stereocenters. The van der Waals surface area contributed by atoms with Crippen molar-refractivity contribution < 1.29 is 14.1 Å². The van der Waals surface area contributed by atoms with Gasteiger partial charge in [-0.2, -0.15) is 0 Å². The van der Waals surface area contributed by atoms with Crippen LogP contribution in [0.4, 0.5) is 0 Å². The van der Waals surface area contributed by atoms with Crippen LogP contribution in [0.1, 0.15) is 27.8 Å². The number of carbonyl (C=O) groups excluding carboxylic acids is 1. The third-order valence-corrected chi connectivity index (χ3v) is 5.75. The van der Waals surface area contributed by atoms with Crippen LogP contribution >= 0.6 is 12.4 Å². The van der Waals surface area contributed by atoms with E-state index in [0.29, 0.717) is 38.4 Å². The molecule has 1 aliphatic rings. The minimum atomic E-state index is -0.317. The van der Waals surface area contributed by atoms with E-state index in [1.54, 1.807) is 11.0 Å². The third-order valence-electron chi connectivity index (χ3n) is 5.75. The van der Waals surface area contributed by atoms with E-state index in [1.165, 1.54) is 0 Å². The minimum absolute atomic E-state index is 0. The van der Waals surface area contributed by atoms with Crippen LogP contribution in [0.5, 0.6) is 0 Å². The zero-order valence-electron chi connectivity index (χ0n) is 18.0. The van der Waals surface area contributed by atoms with Gasteiger partial charge in [-0.1, -0.05) is 47.6 Å². The number of pyridine rings is 1. The molecule has 0 aliphatic carbocycles. The molecule has 7 nitrogen and oxygen atoms in total. The monoisotopic (exact) mass is 464 g/mol. The molecule has 8 heteroatoms. The first kappa shape index (κ1) is 22.9. The molecule has 5 rings (SSSR count). The highest BCUT2D eigenvalue weighted by molar-refractivity contribution is 5.93. The lowest BCUT2D eigenvalue weighted by molar-refractivity contribution is 0.0299. The maximum Gasteiger partial charge on any atom is 0.272 e. The number of hydrogen-bond acceptors (Lipinski definition) is 6. The second-order valence-electron chi connectivity index (χ2n) is 7.84. The van der Waals surface area contributed by atoms with Crippen LogP contribution in [0.25, 0.3) is 22.2 Å². The highest BCUT2D eigenvalue weighted by Gasteiger charge is 2.21. The Bertz CT molecular complexity index is 1250. The molecule has 1 atom stereocenters. The van der Waals surface area contributed by atoms with Crippen molar-refractivity contribution in [3.05, 3.63) is 83.7 Å². The van der Waals surface area contributed by atoms with Gasteiger partial charge in [-0.25, -0.2) is 4.98 Å². The maximum atomic E-state index is 12.8. The number of fused-ring (bicyclic) bond motifs is 1. The average Bonchev–Trinajstić information content (AvgIpc) is 3.28. The molecule has 1 aliphatic heterocycles. The van der Waals surface area contributed by atoms with Gasteiger partial charge in [0.25, 0.3) is 5.91 Å². The second kappa shape index (κ2) is 10.1. The number of rotatable bonds is 5. The van der Waals surface area contributed by atoms with Gasteiger partial charge < -0.3 is 19.9 Å². The fraction of sp³-hybridized carbons (Fsp3) is 0.240. The summed E-state index contributed by atoms with van der Waals surface area (Å²) in [6.45, 7) is 2.29. The first-order valence-electron chi connectivity index (χ1n) is 10.7. The SMILES string of the molecule is Cl.N[C@@H](Cc1cccc(C(=O)N2CCOCC2)n1)c1ccccc1-c1noc2ccccc12. The Balaban J connectivity index is 0.00000259. The summed E-state index contributed by atoms with van der Waals surface area (Å²) in [4.78, 5) is 19.2. The fourth-order valence-electron chi connectivity index (χ4n) is 4.09. The van der Waals surface area contributed by atoms with Gasteiger partial charge in [0.1, 0.15) is 11.4 Å². The van der Waals surface area contributed by atoms with Crippen LogP contribution in [-0.2, 0) is 11.2 Å². The Morgan fingerprint density at radius 1 is 1.00 bits per heavy atom. The van der Waals surface area contributed by atoms with Crippen molar-refractivity contribution in [3.63, 3.8) is 0 Å². The summed E-state index contributed by atoms with van der Waals surface area (Å²) < 4.78 is 10.8. The Kier molecular flexibility index (Phi) is 7.03. The van der Waals surface area contributed by atoms with Gasteiger partial charge in [-0.05, 0) is 29.8 Å². The molecule has 33 heavy (non-hydrogen) atoms. The molecule has 0 radical (unpaired) electrons. The first-order chi connectivity index (χ1) is 15.7. The minimum Gasteiger partial charge on any atom is -0.378 e. The number of aromatic nitrogens is 2. The molecular weight excluding hydrogens is 440 g/mol. The Hall–Kier alpha value is -3.26. The van der Waals surface area contributed by atoms with Crippen LogP contribution < -0.4 is 5.73 Å². The van der Waals surface area contributed by atoms with Gasteiger partial charge >= 0.3 is 0 Å². The van der Waals surface area contributed by atoms with E-state index in [1.807, 2.05) is 60.7 Å². The number of para-hydroxylation sites is 1. The standard InChI is InChI=1S/C25H24N4O3.ClH/c26-21(16-17-6-5-10-22(27-17)25(30)29-12-14-31-15-13-29)18-7-1-2-8-19(18)24-20-9-3-4-11-23(20)32-28-24;/h1-11,21H,12-16,26H2;1H/t21-;/m0./s1. The van der Waals surface area contributed by atoms with Crippen molar-refractivity contribution >= 4 is 29.3 Å². The number of halogens is 1. The molecule has 0 bridgehead atoms. The van der Waals surface area contributed by atoms with Gasteiger partial charge in [0.05, 0.1) is 13.2 Å². The summed E-state index contributed by atoms with van der Waals surface area (Å²) in [5.74, 6) is -0.0711. The number of ether oxygens (including phenoxy) is 1. The van der Waals surface area contributed by atoms with Crippen molar-refractivity contribution in [1.82, 2.24) is 15.0 Å². The molecule has 1 saturated heterocycles. The maximum absolute atomic E-state index is 12.8. The lowest BCUT2D eigenvalue weighted by Gasteiger charge is -2.26. The lowest BCUT2D eigenvalue weighted by Crippen LogP contribution is -2.41. The largest absolute Gasteiger partial charge is 0.378 e. The topological polar surface area (TPSA) is 94.5 Å². The lowest BCUT2D eigenvalue weighted by atomic mass is 9.94. The van der Waals surface area contributed by atoms with Gasteiger partial charge in [-0.15, -0.1) is 12.4 Å². The highest BCUT2D eigenvalue weighted by Crippen LogP contribution is 2.33. The number of morpholine rings is 1. The second-order valence-corrected chi connectivity index (χ2v) is 7.84. The molecule has 2 N–H and O–H groups in total. The molecule has 3 heterocycles. The predicted molar refractivity (Wildman–Crippen MR) is 128 cm³/mol. The third kappa shape index (κ3) is 4.75. The summed E-state index contributed by atoms with van der Waals surface area (Å²) >= 11 is 0. The normalized spacial score (nSPS) is 14.6. The van der Waals surface area contributed by atoms with E-state index in [-0.39, 0.29) is 24.4 Å². The van der Waals surface area contributed by atoms with E-state index >= 15 is 0 Å². The Labute approximate surface area is 197 Å². The fourth-order valence-corrected chi connectivity index (χ4v) is 4.09. The quantitative estimate of drug-likeness (QED) is 0.479. The number of nitrogens with zero attached hydrogens (tertiary/aromatic N) is 3. The molecule has 1 fully saturated rings. The van der Waals surface area contributed by atoms with Gasteiger partial charge in [0.15, 0.2) is 5.58 Å². The van der Waals surface area contributed by atoms with Crippen LogP contribution in [0.2, 0.25) is 0 Å². The molecule has 2 aromatic heterocycles. The summed E-state index contributed by atoms with van der Waals surface area (Å²) in [7, 11) is 0. The number of carbonyl (C=O) groups is 1. The first-order valence-corrected chi connectivity index (χ1v) is 10.7. The van der Waals surface area contributed by atoms with Gasteiger partial charge in [0.2, 0.25) is 0 Å². The van der Waals surface area contributed by atoms with E-state index in [9.17, 15) is 4.79 Å². The zero-order chi connectivity index (χ0) is 21.9. The smallest absolute Gasteiger partial charge is 0.272 e. The molecule has 0 saturated carbocycles. The summed E-state index contributed by atoms with van der Waals surface area (Å²) in [6, 6.07) is 20.9. The van der Waals surface area contributed by atoms with Crippen molar-refractivity contribution in [2.75, 3.05) is 26.3 Å². The summed E-state index contributed by atoms with van der Waals surface area (Å²) in [6.07, 6.45) is 0.497. The average molecular weight is 465 g/mol. The van der Waals surface area contributed by atoms with Gasteiger partial charge in [-0.3, -0.25) is 4.79 Å². The molecule has 0 spiro atoms. The van der Waals surface area contributed by atoms with Crippen molar-refractivity contribution in [1.29, 1.82) is 0 Å². The molecule has 4 aromatic rings. The molecule has 2 aromatic carbocycles. The van der Waals surface area contributed by atoms with E-state index in [2.05, 4.69) is 10.1 Å². The Morgan fingerprint density at radius 2 is 1.76 bits per heavy atom.